The third-order valence-corrected chi connectivity index (χ3v) is 4.15. The number of hydrogen-bond donors (Lipinski definition) is 1. The molecule has 5 nitrogen and oxygen atoms in total. The Balaban J connectivity index is 2.25. The Hall–Kier alpha value is -1.10. The first-order valence-electron chi connectivity index (χ1n) is 7.37. The normalized spacial score (nSPS) is 30.3. The van der Waals surface area contributed by atoms with Gasteiger partial charge in [0, 0.05) is 6.54 Å². The van der Waals surface area contributed by atoms with Crippen LogP contribution in [-0.4, -0.2) is 48.1 Å². The van der Waals surface area contributed by atoms with E-state index in [0.29, 0.717) is 6.61 Å². The zero-order chi connectivity index (χ0) is 13.9. The first-order valence-corrected chi connectivity index (χ1v) is 7.37. The van der Waals surface area contributed by atoms with E-state index in [2.05, 4.69) is 12.2 Å². The van der Waals surface area contributed by atoms with Crippen LogP contribution in [0.3, 0.4) is 0 Å². The highest BCUT2D eigenvalue weighted by molar-refractivity contribution is 5.94. The SMILES string of the molecule is CCCNC1(C(=O)OCC)CC(=O)N2CCCCC21. The Bertz CT molecular complexity index is 359. The minimum atomic E-state index is -0.816. The van der Waals surface area contributed by atoms with E-state index in [4.69, 9.17) is 4.74 Å². The smallest absolute Gasteiger partial charge is 0.329 e. The summed E-state index contributed by atoms with van der Waals surface area (Å²) in [5, 5.41) is 3.32. The molecule has 0 spiro atoms. The molecule has 0 aliphatic carbocycles. The summed E-state index contributed by atoms with van der Waals surface area (Å²) in [5.41, 5.74) is -0.816. The summed E-state index contributed by atoms with van der Waals surface area (Å²) in [6.07, 6.45) is 4.18. The van der Waals surface area contributed by atoms with Gasteiger partial charge in [0.25, 0.3) is 0 Å². The van der Waals surface area contributed by atoms with Crippen molar-refractivity contribution in [3.8, 4) is 0 Å². The molecule has 2 aliphatic heterocycles. The first kappa shape index (κ1) is 14.3. The lowest BCUT2D eigenvalue weighted by Gasteiger charge is -2.39. The molecule has 2 fully saturated rings. The predicted octanol–water partition coefficient (Wildman–Crippen LogP) is 1.07. The van der Waals surface area contributed by atoms with Crippen molar-refractivity contribution in [1.29, 1.82) is 0 Å². The molecule has 2 saturated heterocycles. The summed E-state index contributed by atoms with van der Waals surface area (Å²) >= 11 is 0. The summed E-state index contributed by atoms with van der Waals surface area (Å²) in [6, 6.07) is -0.0284. The molecule has 5 heteroatoms. The second kappa shape index (κ2) is 5.90. The van der Waals surface area contributed by atoms with Gasteiger partial charge in [0.15, 0.2) is 0 Å². The van der Waals surface area contributed by atoms with Crippen molar-refractivity contribution < 1.29 is 14.3 Å². The van der Waals surface area contributed by atoms with E-state index in [1.165, 1.54) is 0 Å². The third-order valence-electron chi connectivity index (χ3n) is 4.15. The average Bonchev–Trinajstić information content (AvgIpc) is 2.72. The predicted molar refractivity (Wildman–Crippen MR) is 71.6 cm³/mol. The molecule has 0 aromatic rings. The van der Waals surface area contributed by atoms with Gasteiger partial charge in [0.2, 0.25) is 5.91 Å². The summed E-state index contributed by atoms with van der Waals surface area (Å²) in [5.74, 6) is -0.174. The molecule has 2 atom stereocenters. The molecule has 1 amide bonds. The van der Waals surface area contributed by atoms with Gasteiger partial charge in [-0.15, -0.1) is 0 Å². The highest BCUT2D eigenvalue weighted by Crippen LogP contribution is 2.37. The number of fused-ring (bicyclic) bond motifs is 1. The van der Waals surface area contributed by atoms with Gasteiger partial charge in [0.1, 0.15) is 5.54 Å². The zero-order valence-electron chi connectivity index (χ0n) is 11.9. The van der Waals surface area contributed by atoms with Crippen LogP contribution < -0.4 is 5.32 Å². The third kappa shape index (κ3) is 2.48. The number of piperidine rings is 1. The molecule has 108 valence electrons. The van der Waals surface area contributed by atoms with Crippen LogP contribution in [0, 0.1) is 0 Å². The van der Waals surface area contributed by atoms with Gasteiger partial charge < -0.3 is 9.64 Å². The Morgan fingerprint density at radius 2 is 2.26 bits per heavy atom. The second-order valence-electron chi connectivity index (χ2n) is 5.39. The van der Waals surface area contributed by atoms with E-state index in [1.54, 1.807) is 6.92 Å². The van der Waals surface area contributed by atoms with Crippen molar-refractivity contribution in [2.24, 2.45) is 0 Å². The van der Waals surface area contributed by atoms with Gasteiger partial charge >= 0.3 is 5.97 Å². The molecule has 0 aromatic carbocycles. The minimum Gasteiger partial charge on any atom is -0.465 e. The van der Waals surface area contributed by atoms with Gasteiger partial charge in [-0.2, -0.15) is 0 Å². The van der Waals surface area contributed by atoms with Crippen molar-refractivity contribution in [2.75, 3.05) is 19.7 Å². The Morgan fingerprint density at radius 1 is 1.47 bits per heavy atom. The molecule has 2 unspecified atom stereocenters. The highest BCUT2D eigenvalue weighted by atomic mass is 16.5. The van der Waals surface area contributed by atoms with Crippen molar-refractivity contribution >= 4 is 11.9 Å². The highest BCUT2D eigenvalue weighted by Gasteiger charge is 2.57. The minimum absolute atomic E-state index is 0.0284. The Kier molecular flexibility index (Phi) is 4.45. The molecule has 2 rings (SSSR count). The lowest BCUT2D eigenvalue weighted by Crippen LogP contribution is -2.61. The van der Waals surface area contributed by atoms with Crippen LogP contribution in [0.15, 0.2) is 0 Å². The van der Waals surface area contributed by atoms with Gasteiger partial charge in [-0.3, -0.25) is 10.1 Å². The van der Waals surface area contributed by atoms with E-state index in [0.717, 1.165) is 38.8 Å². The number of rotatable bonds is 5. The molecule has 19 heavy (non-hydrogen) atoms. The molecule has 2 heterocycles. The van der Waals surface area contributed by atoms with Crippen LogP contribution in [-0.2, 0) is 14.3 Å². The van der Waals surface area contributed by atoms with E-state index < -0.39 is 5.54 Å². The second-order valence-corrected chi connectivity index (χ2v) is 5.39. The topological polar surface area (TPSA) is 58.6 Å². The quantitative estimate of drug-likeness (QED) is 0.758. The number of ether oxygens (including phenoxy) is 1. The molecule has 0 aromatic heterocycles. The fraction of sp³-hybridized carbons (Fsp3) is 0.857. The van der Waals surface area contributed by atoms with Crippen LogP contribution >= 0.6 is 0 Å². The van der Waals surface area contributed by atoms with E-state index in [1.807, 2.05) is 4.90 Å². The van der Waals surface area contributed by atoms with Crippen LogP contribution in [0.25, 0.3) is 0 Å². The van der Waals surface area contributed by atoms with Crippen molar-refractivity contribution in [2.45, 2.75) is 57.5 Å². The molecule has 0 saturated carbocycles. The van der Waals surface area contributed by atoms with Crippen molar-refractivity contribution in [3.05, 3.63) is 0 Å². The zero-order valence-corrected chi connectivity index (χ0v) is 11.9. The number of amides is 1. The van der Waals surface area contributed by atoms with Crippen molar-refractivity contribution in [3.63, 3.8) is 0 Å². The van der Waals surface area contributed by atoms with Gasteiger partial charge in [-0.25, -0.2) is 4.79 Å². The fourth-order valence-corrected chi connectivity index (χ4v) is 3.27. The molecular weight excluding hydrogens is 244 g/mol. The number of carbonyl (C=O) groups excluding carboxylic acids is 2. The lowest BCUT2D eigenvalue weighted by molar-refractivity contribution is -0.153. The lowest BCUT2D eigenvalue weighted by atomic mass is 9.85. The van der Waals surface area contributed by atoms with E-state index in [9.17, 15) is 9.59 Å². The average molecular weight is 268 g/mol. The Labute approximate surface area is 114 Å². The van der Waals surface area contributed by atoms with E-state index in [-0.39, 0.29) is 24.3 Å². The van der Waals surface area contributed by atoms with Crippen LogP contribution in [0.1, 0.15) is 46.0 Å². The largest absolute Gasteiger partial charge is 0.465 e. The first-order chi connectivity index (χ1) is 9.15. The van der Waals surface area contributed by atoms with Gasteiger partial charge in [-0.1, -0.05) is 6.92 Å². The van der Waals surface area contributed by atoms with Gasteiger partial charge in [-0.05, 0) is 39.2 Å². The number of nitrogens with zero attached hydrogens (tertiary/aromatic N) is 1. The molecule has 1 N–H and O–H groups in total. The van der Waals surface area contributed by atoms with E-state index >= 15 is 0 Å². The monoisotopic (exact) mass is 268 g/mol. The molecule has 0 bridgehead atoms. The molecule has 0 radical (unpaired) electrons. The van der Waals surface area contributed by atoms with Crippen LogP contribution in [0.2, 0.25) is 0 Å². The summed E-state index contributed by atoms with van der Waals surface area (Å²) in [4.78, 5) is 26.5. The standard InChI is InChI=1S/C14H24N2O3/c1-3-8-15-14(13(18)19-4-2)10-12(17)16-9-6-5-7-11(14)16/h11,15H,3-10H2,1-2H3. The number of nitrogens with one attached hydrogen (secondary N) is 1. The summed E-state index contributed by atoms with van der Waals surface area (Å²) < 4.78 is 5.24. The van der Waals surface area contributed by atoms with Gasteiger partial charge in [0.05, 0.1) is 19.1 Å². The fourth-order valence-electron chi connectivity index (χ4n) is 3.27. The number of carbonyl (C=O) groups is 2. The maximum absolute atomic E-state index is 12.4. The number of hydrogen-bond acceptors (Lipinski definition) is 4. The van der Waals surface area contributed by atoms with Crippen LogP contribution in [0.4, 0.5) is 0 Å². The van der Waals surface area contributed by atoms with Crippen molar-refractivity contribution in [1.82, 2.24) is 10.2 Å². The Morgan fingerprint density at radius 3 is 2.95 bits per heavy atom. The summed E-state index contributed by atoms with van der Waals surface area (Å²) in [7, 11) is 0. The molecule has 2 aliphatic rings. The maximum atomic E-state index is 12.4. The van der Waals surface area contributed by atoms with Crippen LogP contribution in [0.5, 0.6) is 0 Å². The summed E-state index contributed by atoms with van der Waals surface area (Å²) in [6.45, 7) is 5.73. The number of esters is 1. The maximum Gasteiger partial charge on any atom is 0.329 e. The molecular formula is C14H24N2O3.